The van der Waals surface area contributed by atoms with Gasteiger partial charge in [-0.25, -0.2) is 4.79 Å². The number of aryl methyl sites for hydroxylation is 1. The van der Waals surface area contributed by atoms with Gasteiger partial charge in [-0.2, -0.15) is 0 Å². The number of rotatable bonds is 4. The van der Waals surface area contributed by atoms with Crippen LogP contribution in [0.3, 0.4) is 0 Å². The normalized spacial score (nSPS) is 15.3. The van der Waals surface area contributed by atoms with Crippen molar-refractivity contribution in [2.45, 2.75) is 20.0 Å². The van der Waals surface area contributed by atoms with E-state index in [1.54, 1.807) is 24.0 Å². The molecule has 0 bridgehead atoms. The molecule has 27 heavy (non-hydrogen) atoms. The van der Waals surface area contributed by atoms with Crippen LogP contribution >= 0.6 is 0 Å². The van der Waals surface area contributed by atoms with E-state index in [1.807, 2.05) is 31.2 Å². The molecule has 2 aromatic rings. The zero-order chi connectivity index (χ0) is 19.4. The number of anilines is 2. The van der Waals surface area contributed by atoms with Crippen molar-refractivity contribution in [1.29, 1.82) is 0 Å². The quantitative estimate of drug-likeness (QED) is 0.664. The van der Waals surface area contributed by atoms with Gasteiger partial charge in [-0.1, -0.05) is 29.8 Å². The van der Waals surface area contributed by atoms with Crippen LogP contribution in [-0.4, -0.2) is 49.1 Å². The number of benzene rings is 2. The summed E-state index contributed by atoms with van der Waals surface area (Å²) < 4.78 is 5.37. The summed E-state index contributed by atoms with van der Waals surface area (Å²) in [6.07, 6.45) is -0.847. The molecule has 1 atom stereocenters. The Kier molecular flexibility index (Phi) is 5.64. The van der Waals surface area contributed by atoms with Gasteiger partial charge >= 0.3 is 5.97 Å². The third-order valence-electron chi connectivity index (χ3n) is 4.77. The van der Waals surface area contributed by atoms with Crippen LogP contribution in [0.2, 0.25) is 0 Å². The van der Waals surface area contributed by atoms with E-state index in [9.17, 15) is 9.59 Å². The Balaban J connectivity index is 1.56. The van der Waals surface area contributed by atoms with E-state index in [-0.39, 0.29) is 5.91 Å². The van der Waals surface area contributed by atoms with Gasteiger partial charge in [0.1, 0.15) is 0 Å². The average Bonchev–Trinajstić information content (AvgIpc) is 2.70. The molecule has 1 aliphatic rings. The minimum Gasteiger partial charge on any atom is -0.449 e. The van der Waals surface area contributed by atoms with Crippen molar-refractivity contribution in [1.82, 2.24) is 4.90 Å². The van der Waals surface area contributed by atoms with Crippen molar-refractivity contribution in [3.63, 3.8) is 0 Å². The second kappa shape index (κ2) is 8.12. The minimum absolute atomic E-state index is 0.178. The van der Waals surface area contributed by atoms with Crippen molar-refractivity contribution < 1.29 is 14.3 Å². The largest absolute Gasteiger partial charge is 0.449 e. The van der Waals surface area contributed by atoms with Crippen LogP contribution in [-0.2, 0) is 9.53 Å². The van der Waals surface area contributed by atoms with Crippen molar-refractivity contribution in [2.75, 3.05) is 36.8 Å². The Morgan fingerprint density at radius 1 is 1.04 bits per heavy atom. The number of esters is 1. The van der Waals surface area contributed by atoms with Gasteiger partial charge in [0.2, 0.25) is 0 Å². The highest BCUT2D eigenvalue weighted by atomic mass is 16.5. The lowest BCUT2D eigenvalue weighted by atomic mass is 10.1. The molecule has 0 aromatic heterocycles. The fourth-order valence-electron chi connectivity index (χ4n) is 3.20. The highest BCUT2D eigenvalue weighted by Gasteiger charge is 2.28. The predicted molar refractivity (Wildman–Crippen MR) is 106 cm³/mol. The molecule has 2 N–H and O–H groups in total. The summed E-state index contributed by atoms with van der Waals surface area (Å²) >= 11 is 0. The molecule has 0 spiro atoms. The summed E-state index contributed by atoms with van der Waals surface area (Å²) in [7, 11) is 0. The summed E-state index contributed by atoms with van der Waals surface area (Å²) in [5.74, 6) is -0.748. The van der Waals surface area contributed by atoms with Gasteiger partial charge in [-0.15, -0.1) is 0 Å². The number of amides is 1. The first-order valence-electron chi connectivity index (χ1n) is 9.11. The predicted octanol–water partition coefficient (Wildman–Crippen LogP) is 2.47. The molecule has 6 heteroatoms. The maximum absolute atomic E-state index is 12.7. The third kappa shape index (κ3) is 4.39. The van der Waals surface area contributed by atoms with Crippen LogP contribution in [0.4, 0.5) is 11.4 Å². The van der Waals surface area contributed by atoms with Gasteiger partial charge in [-0.05, 0) is 38.1 Å². The topological polar surface area (TPSA) is 75.9 Å². The number of carbonyl (C=O) groups excluding carboxylic acids is 2. The van der Waals surface area contributed by atoms with E-state index in [1.165, 1.54) is 0 Å². The highest BCUT2D eigenvalue weighted by Crippen LogP contribution is 2.18. The molecular formula is C21H25N3O3. The monoisotopic (exact) mass is 367 g/mol. The molecular weight excluding hydrogens is 342 g/mol. The number of nitrogen functional groups attached to an aromatic ring is 1. The van der Waals surface area contributed by atoms with Crippen molar-refractivity contribution >= 4 is 23.3 Å². The molecule has 3 rings (SSSR count). The van der Waals surface area contributed by atoms with Crippen molar-refractivity contribution in [3.8, 4) is 0 Å². The summed E-state index contributed by atoms with van der Waals surface area (Å²) in [5.41, 5.74) is 8.56. The number of nitrogens with zero attached hydrogens (tertiary/aromatic N) is 2. The number of para-hydroxylation sites is 1. The van der Waals surface area contributed by atoms with Crippen molar-refractivity contribution in [2.24, 2.45) is 0 Å². The van der Waals surface area contributed by atoms with Gasteiger partial charge in [0.05, 0.1) is 5.56 Å². The molecule has 0 saturated carbocycles. The molecule has 1 heterocycles. The summed E-state index contributed by atoms with van der Waals surface area (Å²) in [4.78, 5) is 29.0. The first-order valence-corrected chi connectivity index (χ1v) is 9.11. The maximum Gasteiger partial charge on any atom is 0.341 e. The van der Waals surface area contributed by atoms with Gasteiger partial charge < -0.3 is 20.3 Å². The van der Waals surface area contributed by atoms with E-state index in [4.69, 9.17) is 10.5 Å². The van der Waals surface area contributed by atoms with Crippen LogP contribution in [0, 0.1) is 6.92 Å². The SMILES string of the molecule is Cc1ccc(N)c(C(=O)O[C@H](C)C(=O)N2CCN(c3ccccc3)CC2)c1. The van der Waals surface area contributed by atoms with Crippen molar-refractivity contribution in [3.05, 3.63) is 59.7 Å². The van der Waals surface area contributed by atoms with E-state index in [0.717, 1.165) is 24.3 Å². The van der Waals surface area contributed by atoms with Crippen LogP contribution in [0.15, 0.2) is 48.5 Å². The van der Waals surface area contributed by atoms with Gasteiger partial charge in [0.15, 0.2) is 6.10 Å². The molecule has 0 unspecified atom stereocenters. The van der Waals surface area contributed by atoms with Gasteiger partial charge in [0, 0.05) is 37.6 Å². The average molecular weight is 367 g/mol. The molecule has 6 nitrogen and oxygen atoms in total. The fourth-order valence-corrected chi connectivity index (χ4v) is 3.20. The Bertz CT molecular complexity index is 815. The van der Waals surface area contributed by atoms with Gasteiger partial charge in [0.25, 0.3) is 5.91 Å². The third-order valence-corrected chi connectivity index (χ3v) is 4.77. The number of hydrogen-bond acceptors (Lipinski definition) is 5. The fraction of sp³-hybridized carbons (Fsp3) is 0.333. The second-order valence-electron chi connectivity index (χ2n) is 6.79. The van der Waals surface area contributed by atoms with E-state index >= 15 is 0 Å². The first-order chi connectivity index (χ1) is 13.0. The van der Waals surface area contributed by atoms with Crippen LogP contribution in [0.25, 0.3) is 0 Å². The molecule has 1 fully saturated rings. The zero-order valence-electron chi connectivity index (χ0n) is 15.7. The standard InChI is InChI=1S/C21H25N3O3/c1-15-8-9-19(22)18(14-15)21(26)27-16(2)20(25)24-12-10-23(11-13-24)17-6-4-3-5-7-17/h3-9,14,16H,10-13,22H2,1-2H3/t16-/m1/s1. The zero-order valence-corrected chi connectivity index (χ0v) is 15.7. The number of carbonyl (C=O) groups is 2. The number of nitrogens with two attached hydrogens (primary N) is 1. The van der Waals surface area contributed by atoms with E-state index in [0.29, 0.717) is 24.3 Å². The summed E-state index contributed by atoms with van der Waals surface area (Å²) in [6, 6.07) is 15.3. The maximum atomic E-state index is 12.7. The molecule has 1 aliphatic heterocycles. The van der Waals surface area contributed by atoms with E-state index < -0.39 is 12.1 Å². The highest BCUT2D eigenvalue weighted by molar-refractivity contribution is 5.97. The lowest BCUT2D eigenvalue weighted by Crippen LogP contribution is -2.51. The Labute approximate surface area is 159 Å². The first kappa shape index (κ1) is 18.8. The molecule has 2 aromatic carbocycles. The van der Waals surface area contributed by atoms with Crippen LogP contribution in [0.1, 0.15) is 22.8 Å². The molecule has 0 radical (unpaired) electrons. The number of hydrogen-bond donors (Lipinski definition) is 1. The number of piperazine rings is 1. The summed E-state index contributed by atoms with van der Waals surface area (Å²) in [5, 5.41) is 0. The second-order valence-corrected chi connectivity index (χ2v) is 6.79. The summed E-state index contributed by atoms with van der Waals surface area (Å²) in [6.45, 7) is 6.18. The Hall–Kier alpha value is -3.02. The molecule has 1 saturated heterocycles. The van der Waals surface area contributed by atoms with E-state index in [2.05, 4.69) is 17.0 Å². The lowest BCUT2D eigenvalue weighted by molar-refractivity contribution is -0.140. The lowest BCUT2D eigenvalue weighted by Gasteiger charge is -2.37. The molecule has 142 valence electrons. The van der Waals surface area contributed by atoms with Crippen LogP contribution < -0.4 is 10.6 Å². The minimum atomic E-state index is -0.847. The number of ether oxygens (including phenoxy) is 1. The molecule has 1 amide bonds. The van der Waals surface area contributed by atoms with Crippen LogP contribution in [0.5, 0.6) is 0 Å². The Morgan fingerprint density at radius 3 is 2.37 bits per heavy atom. The molecule has 0 aliphatic carbocycles. The Morgan fingerprint density at radius 2 is 1.70 bits per heavy atom. The smallest absolute Gasteiger partial charge is 0.341 e. The van der Waals surface area contributed by atoms with Gasteiger partial charge in [-0.3, -0.25) is 4.79 Å².